The predicted octanol–water partition coefficient (Wildman–Crippen LogP) is 2.75. The van der Waals surface area contributed by atoms with Gasteiger partial charge in [0.05, 0.1) is 14.2 Å². The summed E-state index contributed by atoms with van der Waals surface area (Å²) in [7, 11) is 3.12. The number of amides is 1. The van der Waals surface area contributed by atoms with E-state index >= 15 is 0 Å². The number of nitrogens with zero attached hydrogens (tertiary/aromatic N) is 1. The Morgan fingerprint density at radius 2 is 1.90 bits per heavy atom. The molecule has 2 rings (SSSR count). The maximum Gasteiger partial charge on any atom is 0.248 e. The fourth-order valence-electron chi connectivity index (χ4n) is 1.71. The quantitative estimate of drug-likeness (QED) is 0.858. The third-order valence-corrected chi connectivity index (χ3v) is 2.73. The van der Waals surface area contributed by atoms with Crippen LogP contribution in [0.2, 0.25) is 0 Å². The molecule has 0 spiro atoms. The first kappa shape index (κ1) is 14.6. The van der Waals surface area contributed by atoms with Crippen LogP contribution >= 0.6 is 0 Å². The minimum absolute atomic E-state index is 0.242. The second-order valence-corrected chi connectivity index (χ2v) is 4.21. The molecule has 5 nitrogen and oxygen atoms in total. The normalized spacial score (nSPS) is 10.4. The van der Waals surface area contributed by atoms with Gasteiger partial charge in [0.25, 0.3) is 0 Å². The lowest BCUT2D eigenvalue weighted by molar-refractivity contribution is -0.111. The van der Waals surface area contributed by atoms with E-state index < -0.39 is 0 Å². The zero-order chi connectivity index (χ0) is 15.1. The third-order valence-electron chi connectivity index (χ3n) is 2.73. The molecule has 1 aromatic carbocycles. The Labute approximate surface area is 123 Å². The van der Waals surface area contributed by atoms with Gasteiger partial charge in [0.2, 0.25) is 5.91 Å². The summed E-state index contributed by atoms with van der Waals surface area (Å²) < 4.78 is 10.3. The Morgan fingerprint density at radius 3 is 2.48 bits per heavy atom. The molecule has 1 aromatic heterocycles. The number of carbonyl (C=O) groups excluding carboxylic acids is 1. The molecule has 0 unspecified atom stereocenters. The zero-order valence-electron chi connectivity index (χ0n) is 11.9. The zero-order valence-corrected chi connectivity index (χ0v) is 11.9. The molecule has 5 heteroatoms. The molecule has 0 aliphatic rings. The van der Waals surface area contributed by atoms with Crippen LogP contribution in [0, 0.1) is 0 Å². The van der Waals surface area contributed by atoms with E-state index in [2.05, 4.69) is 10.3 Å². The first-order valence-corrected chi connectivity index (χ1v) is 6.33. The van der Waals surface area contributed by atoms with Crippen LogP contribution in [-0.2, 0) is 4.79 Å². The highest BCUT2D eigenvalue weighted by molar-refractivity contribution is 6.02. The van der Waals surface area contributed by atoms with Crippen LogP contribution in [0.15, 0.2) is 48.8 Å². The van der Waals surface area contributed by atoms with Gasteiger partial charge in [-0.15, -0.1) is 0 Å². The maximum atomic E-state index is 11.9. The van der Waals surface area contributed by atoms with Gasteiger partial charge in [-0.2, -0.15) is 0 Å². The molecule has 21 heavy (non-hydrogen) atoms. The number of benzene rings is 1. The molecule has 0 saturated carbocycles. The molecule has 0 atom stereocenters. The van der Waals surface area contributed by atoms with Crippen LogP contribution in [0.4, 0.5) is 5.69 Å². The van der Waals surface area contributed by atoms with Gasteiger partial charge in [-0.25, -0.2) is 0 Å². The van der Waals surface area contributed by atoms with E-state index in [1.165, 1.54) is 6.08 Å². The van der Waals surface area contributed by atoms with Crippen LogP contribution in [-0.4, -0.2) is 25.1 Å². The second-order valence-electron chi connectivity index (χ2n) is 4.21. The number of anilines is 1. The number of methoxy groups -OCH3 is 2. The van der Waals surface area contributed by atoms with E-state index in [9.17, 15) is 4.79 Å². The van der Waals surface area contributed by atoms with E-state index in [4.69, 9.17) is 9.47 Å². The number of nitrogens with one attached hydrogen (secondary N) is 1. The lowest BCUT2D eigenvalue weighted by Gasteiger charge is -2.08. The molecule has 0 aliphatic heterocycles. The van der Waals surface area contributed by atoms with Crippen molar-refractivity contribution in [3.8, 4) is 11.5 Å². The number of carbonyl (C=O) groups is 1. The molecule has 2 aromatic rings. The lowest BCUT2D eigenvalue weighted by Crippen LogP contribution is -2.08. The van der Waals surface area contributed by atoms with Gasteiger partial charge in [-0.3, -0.25) is 9.78 Å². The average molecular weight is 284 g/mol. The smallest absolute Gasteiger partial charge is 0.248 e. The van der Waals surface area contributed by atoms with Crippen LogP contribution in [0.5, 0.6) is 11.5 Å². The summed E-state index contributed by atoms with van der Waals surface area (Å²) in [6.45, 7) is 0. The van der Waals surface area contributed by atoms with E-state index in [0.717, 1.165) is 5.56 Å². The summed E-state index contributed by atoms with van der Waals surface area (Å²) in [5.41, 5.74) is 1.46. The summed E-state index contributed by atoms with van der Waals surface area (Å²) in [6, 6.07) is 8.85. The van der Waals surface area contributed by atoms with Crippen molar-refractivity contribution in [3.63, 3.8) is 0 Å². The van der Waals surface area contributed by atoms with Crippen LogP contribution in [0.1, 0.15) is 5.56 Å². The van der Waals surface area contributed by atoms with E-state index in [-0.39, 0.29) is 5.91 Å². The summed E-state index contributed by atoms with van der Waals surface area (Å²) in [5, 5.41) is 2.76. The highest BCUT2D eigenvalue weighted by atomic mass is 16.5. The van der Waals surface area contributed by atoms with Crippen molar-refractivity contribution in [1.29, 1.82) is 0 Å². The lowest BCUT2D eigenvalue weighted by atomic mass is 10.2. The van der Waals surface area contributed by atoms with Crippen molar-refractivity contribution >= 4 is 17.7 Å². The number of aromatic nitrogens is 1. The second kappa shape index (κ2) is 7.09. The fraction of sp³-hybridized carbons (Fsp3) is 0.125. The van der Waals surface area contributed by atoms with Gasteiger partial charge in [-0.1, -0.05) is 6.07 Å². The van der Waals surface area contributed by atoms with Crippen molar-refractivity contribution in [2.75, 3.05) is 19.5 Å². The topological polar surface area (TPSA) is 60.5 Å². The molecule has 0 fully saturated rings. The Morgan fingerprint density at radius 1 is 1.19 bits per heavy atom. The van der Waals surface area contributed by atoms with E-state index in [0.29, 0.717) is 17.2 Å². The summed E-state index contributed by atoms with van der Waals surface area (Å²) in [4.78, 5) is 15.9. The molecule has 0 radical (unpaired) electrons. The Balaban J connectivity index is 2.07. The van der Waals surface area contributed by atoms with Gasteiger partial charge < -0.3 is 14.8 Å². The summed E-state index contributed by atoms with van der Waals surface area (Å²) in [6.07, 6.45) is 6.50. The van der Waals surface area contributed by atoms with Gasteiger partial charge >= 0.3 is 0 Å². The molecule has 0 bridgehead atoms. The number of pyridine rings is 1. The number of hydrogen-bond donors (Lipinski definition) is 1. The first-order chi connectivity index (χ1) is 10.2. The van der Waals surface area contributed by atoms with Gasteiger partial charge in [0.15, 0.2) is 0 Å². The Hall–Kier alpha value is -2.82. The molecular formula is C16H16N2O3. The predicted molar refractivity (Wildman–Crippen MR) is 81.4 cm³/mol. The van der Waals surface area contributed by atoms with Crippen LogP contribution in [0.3, 0.4) is 0 Å². The molecular weight excluding hydrogens is 268 g/mol. The van der Waals surface area contributed by atoms with Crippen molar-refractivity contribution in [2.24, 2.45) is 0 Å². The van der Waals surface area contributed by atoms with Gasteiger partial charge in [-0.05, 0) is 17.7 Å². The molecule has 108 valence electrons. The number of rotatable bonds is 5. The largest absolute Gasteiger partial charge is 0.497 e. The molecule has 0 aliphatic carbocycles. The maximum absolute atomic E-state index is 11.9. The fourth-order valence-corrected chi connectivity index (χ4v) is 1.71. The van der Waals surface area contributed by atoms with E-state index in [1.807, 2.05) is 12.1 Å². The molecule has 0 saturated heterocycles. The van der Waals surface area contributed by atoms with Crippen molar-refractivity contribution < 1.29 is 14.3 Å². The first-order valence-electron chi connectivity index (χ1n) is 6.33. The minimum atomic E-state index is -0.242. The van der Waals surface area contributed by atoms with Gasteiger partial charge in [0.1, 0.15) is 11.5 Å². The standard InChI is InChI=1S/C16H16N2O3/c1-20-14-8-13(9-15(10-14)21-2)18-16(19)6-5-12-4-3-7-17-11-12/h3-11H,1-2H3,(H,18,19)/b6-5+. The Bertz CT molecular complexity index is 617. The SMILES string of the molecule is COc1cc(NC(=O)/C=C/c2cccnc2)cc(OC)c1. The molecule has 1 amide bonds. The highest BCUT2D eigenvalue weighted by Gasteiger charge is 2.04. The third kappa shape index (κ3) is 4.35. The minimum Gasteiger partial charge on any atom is -0.497 e. The van der Waals surface area contributed by atoms with Crippen molar-refractivity contribution in [2.45, 2.75) is 0 Å². The number of ether oxygens (including phenoxy) is 2. The summed E-state index contributed by atoms with van der Waals surface area (Å²) in [5.74, 6) is 0.982. The van der Waals surface area contributed by atoms with Gasteiger partial charge in [0, 0.05) is 42.4 Å². The Kier molecular flexibility index (Phi) is 4.93. The van der Waals surface area contributed by atoms with Crippen LogP contribution in [0.25, 0.3) is 6.08 Å². The molecule has 1 heterocycles. The molecule has 1 N–H and O–H groups in total. The monoisotopic (exact) mass is 284 g/mol. The summed E-state index contributed by atoms with van der Waals surface area (Å²) >= 11 is 0. The van der Waals surface area contributed by atoms with Crippen molar-refractivity contribution in [3.05, 3.63) is 54.4 Å². The van der Waals surface area contributed by atoms with E-state index in [1.54, 1.807) is 50.9 Å². The average Bonchev–Trinajstić information content (AvgIpc) is 2.53. The van der Waals surface area contributed by atoms with Crippen molar-refractivity contribution in [1.82, 2.24) is 4.98 Å². The van der Waals surface area contributed by atoms with Crippen LogP contribution < -0.4 is 14.8 Å². The number of hydrogen-bond acceptors (Lipinski definition) is 4. The highest BCUT2D eigenvalue weighted by Crippen LogP contribution is 2.25.